The molecule has 0 aliphatic carbocycles. The van der Waals surface area contributed by atoms with Crippen molar-refractivity contribution in [2.75, 3.05) is 5.32 Å². The summed E-state index contributed by atoms with van der Waals surface area (Å²) in [5, 5.41) is 11.6. The topological polar surface area (TPSA) is 35.8 Å². The quantitative estimate of drug-likeness (QED) is 0.857. The Morgan fingerprint density at radius 3 is 2.32 bits per heavy atom. The number of hydrogen-bond acceptors (Lipinski definition) is 2. The SMILES string of the molecule is N#Cc1cc(F)c(Nc2cccc(Cl)c2Cl)c(F)c1. The van der Waals surface area contributed by atoms with E-state index < -0.39 is 11.6 Å². The number of rotatable bonds is 2. The Hall–Kier alpha value is -1.83. The van der Waals surface area contributed by atoms with E-state index >= 15 is 0 Å². The van der Waals surface area contributed by atoms with Gasteiger partial charge in [-0.1, -0.05) is 29.3 Å². The fraction of sp³-hybridized carbons (Fsp3) is 0. The lowest BCUT2D eigenvalue weighted by atomic mass is 10.2. The molecule has 0 saturated carbocycles. The van der Waals surface area contributed by atoms with Gasteiger partial charge in [0.25, 0.3) is 0 Å². The van der Waals surface area contributed by atoms with E-state index in [4.69, 9.17) is 28.5 Å². The van der Waals surface area contributed by atoms with Gasteiger partial charge >= 0.3 is 0 Å². The summed E-state index contributed by atoms with van der Waals surface area (Å²) in [6, 6.07) is 8.22. The van der Waals surface area contributed by atoms with Crippen LogP contribution in [0.3, 0.4) is 0 Å². The second-order valence-corrected chi connectivity index (χ2v) is 4.44. The van der Waals surface area contributed by atoms with Gasteiger partial charge in [0.15, 0.2) is 11.6 Å². The van der Waals surface area contributed by atoms with Gasteiger partial charge in [0.2, 0.25) is 0 Å². The lowest BCUT2D eigenvalue weighted by Crippen LogP contribution is -1.99. The molecule has 6 heteroatoms. The van der Waals surface area contributed by atoms with Gasteiger partial charge in [-0.15, -0.1) is 0 Å². The molecule has 2 nitrogen and oxygen atoms in total. The summed E-state index contributed by atoms with van der Waals surface area (Å²) >= 11 is 11.7. The fourth-order valence-electron chi connectivity index (χ4n) is 1.49. The Kier molecular flexibility index (Phi) is 3.89. The largest absolute Gasteiger partial charge is 0.349 e. The van der Waals surface area contributed by atoms with Crippen LogP contribution in [0.4, 0.5) is 20.2 Å². The molecule has 96 valence electrons. The van der Waals surface area contributed by atoms with Crippen molar-refractivity contribution in [1.29, 1.82) is 5.26 Å². The zero-order valence-corrected chi connectivity index (χ0v) is 10.9. The number of anilines is 2. The Labute approximate surface area is 118 Å². The molecular weight excluding hydrogens is 293 g/mol. The molecule has 0 aromatic heterocycles. The van der Waals surface area contributed by atoms with Crippen molar-refractivity contribution < 1.29 is 8.78 Å². The van der Waals surface area contributed by atoms with Crippen LogP contribution in [0.25, 0.3) is 0 Å². The second-order valence-electron chi connectivity index (χ2n) is 3.65. The lowest BCUT2D eigenvalue weighted by Gasteiger charge is -2.11. The van der Waals surface area contributed by atoms with Crippen molar-refractivity contribution in [3.63, 3.8) is 0 Å². The third-order valence-electron chi connectivity index (χ3n) is 2.38. The molecule has 2 rings (SSSR count). The molecule has 1 N–H and O–H groups in total. The van der Waals surface area contributed by atoms with Gasteiger partial charge < -0.3 is 5.32 Å². The minimum Gasteiger partial charge on any atom is -0.349 e. The molecule has 19 heavy (non-hydrogen) atoms. The Bertz CT molecular complexity index is 658. The summed E-state index contributed by atoms with van der Waals surface area (Å²) in [7, 11) is 0. The monoisotopic (exact) mass is 298 g/mol. The summed E-state index contributed by atoms with van der Waals surface area (Å²) in [6.45, 7) is 0. The van der Waals surface area contributed by atoms with E-state index in [1.54, 1.807) is 18.2 Å². The average Bonchev–Trinajstić information content (AvgIpc) is 2.38. The van der Waals surface area contributed by atoms with E-state index in [0.29, 0.717) is 0 Å². The summed E-state index contributed by atoms with van der Waals surface area (Å²) in [6.07, 6.45) is 0. The van der Waals surface area contributed by atoms with Gasteiger partial charge in [-0.05, 0) is 24.3 Å². The van der Waals surface area contributed by atoms with Crippen LogP contribution in [0.1, 0.15) is 5.56 Å². The minimum atomic E-state index is -0.882. The average molecular weight is 299 g/mol. The second kappa shape index (κ2) is 5.43. The molecule has 0 heterocycles. The summed E-state index contributed by atoms with van der Waals surface area (Å²) in [4.78, 5) is 0. The van der Waals surface area contributed by atoms with Crippen LogP contribution in [0, 0.1) is 23.0 Å². The van der Waals surface area contributed by atoms with E-state index in [0.717, 1.165) is 12.1 Å². The van der Waals surface area contributed by atoms with Crippen LogP contribution in [0.15, 0.2) is 30.3 Å². The summed E-state index contributed by atoms with van der Waals surface area (Å²) in [5.41, 5.74) is -0.211. The minimum absolute atomic E-state index is 0.0993. The third-order valence-corrected chi connectivity index (χ3v) is 3.20. The number of benzene rings is 2. The number of nitrogens with zero attached hydrogens (tertiary/aromatic N) is 1. The highest BCUT2D eigenvalue weighted by Gasteiger charge is 2.13. The predicted octanol–water partition coefficient (Wildman–Crippen LogP) is 4.89. The number of nitriles is 1. The van der Waals surface area contributed by atoms with E-state index in [1.165, 1.54) is 6.07 Å². The van der Waals surface area contributed by atoms with Crippen molar-refractivity contribution in [3.8, 4) is 6.07 Å². The number of halogens is 4. The molecule has 0 aliphatic rings. The zero-order chi connectivity index (χ0) is 14.0. The molecular formula is C13H6Cl2F2N2. The molecule has 0 unspecified atom stereocenters. The fourth-order valence-corrected chi connectivity index (χ4v) is 1.84. The maximum absolute atomic E-state index is 13.7. The molecule has 0 radical (unpaired) electrons. The molecule has 0 bridgehead atoms. The molecule has 0 amide bonds. The Morgan fingerprint density at radius 2 is 1.74 bits per heavy atom. The first-order chi connectivity index (χ1) is 9.02. The van der Waals surface area contributed by atoms with Gasteiger partial charge in [0.1, 0.15) is 5.69 Å². The molecule has 0 saturated heterocycles. The van der Waals surface area contributed by atoms with Crippen molar-refractivity contribution in [2.24, 2.45) is 0 Å². The first kappa shape index (κ1) is 13.6. The van der Waals surface area contributed by atoms with E-state index in [2.05, 4.69) is 5.32 Å². The number of nitrogens with one attached hydrogen (secondary N) is 1. The van der Waals surface area contributed by atoms with Gasteiger partial charge in [-0.2, -0.15) is 5.26 Å². The zero-order valence-electron chi connectivity index (χ0n) is 9.35. The smallest absolute Gasteiger partial charge is 0.150 e. The standard InChI is InChI=1S/C13H6Cl2F2N2/c14-8-2-1-3-11(12(8)15)19-13-9(16)4-7(6-18)5-10(13)17/h1-5,19H. The van der Waals surface area contributed by atoms with Crippen LogP contribution in [-0.2, 0) is 0 Å². The van der Waals surface area contributed by atoms with Gasteiger partial charge in [-0.3, -0.25) is 0 Å². The highest BCUT2D eigenvalue weighted by molar-refractivity contribution is 6.43. The normalized spacial score (nSPS) is 10.1. The lowest BCUT2D eigenvalue weighted by molar-refractivity contribution is 0.590. The molecule has 0 atom stereocenters. The summed E-state index contributed by atoms with van der Waals surface area (Å²) < 4.78 is 27.4. The molecule has 0 fully saturated rings. The molecule has 0 spiro atoms. The van der Waals surface area contributed by atoms with E-state index in [-0.39, 0.29) is 27.0 Å². The van der Waals surface area contributed by atoms with Gasteiger partial charge in [-0.25, -0.2) is 8.78 Å². The van der Waals surface area contributed by atoms with Crippen molar-refractivity contribution in [2.45, 2.75) is 0 Å². The van der Waals surface area contributed by atoms with Crippen LogP contribution < -0.4 is 5.32 Å². The van der Waals surface area contributed by atoms with Crippen molar-refractivity contribution in [3.05, 3.63) is 57.6 Å². The molecule has 0 aliphatic heterocycles. The third kappa shape index (κ3) is 2.78. The predicted molar refractivity (Wildman–Crippen MR) is 70.8 cm³/mol. The number of hydrogen-bond donors (Lipinski definition) is 1. The first-order valence-corrected chi connectivity index (χ1v) is 5.88. The Balaban J connectivity index is 2.45. The van der Waals surface area contributed by atoms with Crippen LogP contribution >= 0.6 is 23.2 Å². The summed E-state index contributed by atoms with van der Waals surface area (Å²) in [5.74, 6) is -1.76. The van der Waals surface area contributed by atoms with Crippen LogP contribution in [0.2, 0.25) is 10.0 Å². The highest BCUT2D eigenvalue weighted by Crippen LogP contribution is 2.33. The molecule has 2 aromatic carbocycles. The van der Waals surface area contributed by atoms with Crippen molar-refractivity contribution in [1.82, 2.24) is 0 Å². The highest BCUT2D eigenvalue weighted by atomic mass is 35.5. The van der Waals surface area contributed by atoms with E-state index in [9.17, 15) is 8.78 Å². The van der Waals surface area contributed by atoms with Crippen LogP contribution in [-0.4, -0.2) is 0 Å². The maximum Gasteiger partial charge on any atom is 0.150 e. The van der Waals surface area contributed by atoms with E-state index in [1.807, 2.05) is 0 Å². The Morgan fingerprint density at radius 1 is 1.11 bits per heavy atom. The van der Waals surface area contributed by atoms with Gasteiger partial charge in [0, 0.05) is 0 Å². The van der Waals surface area contributed by atoms with Crippen molar-refractivity contribution >= 4 is 34.6 Å². The van der Waals surface area contributed by atoms with Gasteiger partial charge in [0.05, 0.1) is 27.4 Å². The van der Waals surface area contributed by atoms with Crippen LogP contribution in [0.5, 0.6) is 0 Å². The maximum atomic E-state index is 13.7. The first-order valence-electron chi connectivity index (χ1n) is 5.13. The molecule has 2 aromatic rings.